The molecule has 1 aliphatic heterocycles. The molecule has 1 saturated heterocycles. The van der Waals surface area contributed by atoms with Crippen LogP contribution in [0.1, 0.15) is 48.0 Å². The molecule has 1 aliphatic rings. The summed E-state index contributed by atoms with van der Waals surface area (Å²) in [6.07, 6.45) is -1.71. The van der Waals surface area contributed by atoms with Gasteiger partial charge in [0.1, 0.15) is 11.9 Å². The summed E-state index contributed by atoms with van der Waals surface area (Å²) < 4.78 is 5.35. The highest BCUT2D eigenvalue weighted by atomic mass is 16.5. The molecule has 1 rings (SSSR count). The van der Waals surface area contributed by atoms with Gasteiger partial charge in [-0.15, -0.1) is 0 Å². The number of carbonyl (C=O) groups excluding carboxylic acids is 2. The van der Waals surface area contributed by atoms with Gasteiger partial charge >= 0.3 is 5.97 Å². The quantitative estimate of drug-likeness (QED) is 0.666. The van der Waals surface area contributed by atoms with Crippen molar-refractivity contribution >= 4 is 11.8 Å². The summed E-state index contributed by atoms with van der Waals surface area (Å²) >= 11 is 0. The molecular formula is C17H30O5. The number of esters is 1. The third-order valence-corrected chi connectivity index (χ3v) is 5.21. The molecule has 1 fully saturated rings. The number of ketones is 1. The molecule has 0 aromatic heterocycles. The first kappa shape index (κ1) is 19.1. The lowest BCUT2D eigenvalue weighted by atomic mass is 9.78. The van der Waals surface area contributed by atoms with Crippen molar-refractivity contribution in [1.29, 1.82) is 0 Å². The molecule has 2 N–H and O–H groups in total. The zero-order valence-corrected chi connectivity index (χ0v) is 14.4. The molecule has 1 heterocycles. The van der Waals surface area contributed by atoms with E-state index in [0.717, 1.165) is 0 Å². The Kier molecular flexibility index (Phi) is 6.56. The first-order valence-corrected chi connectivity index (χ1v) is 8.18. The lowest BCUT2D eigenvalue weighted by molar-refractivity contribution is -0.163. The van der Waals surface area contributed by atoms with E-state index in [0.29, 0.717) is 6.42 Å². The van der Waals surface area contributed by atoms with Crippen molar-refractivity contribution < 1.29 is 24.5 Å². The van der Waals surface area contributed by atoms with Crippen LogP contribution in [0.15, 0.2) is 0 Å². The molecule has 0 radical (unpaired) electrons. The van der Waals surface area contributed by atoms with Gasteiger partial charge in [-0.2, -0.15) is 0 Å². The van der Waals surface area contributed by atoms with Crippen LogP contribution in [0.4, 0.5) is 0 Å². The number of carbonyl (C=O) groups is 2. The third kappa shape index (κ3) is 4.07. The van der Waals surface area contributed by atoms with E-state index < -0.39 is 42.0 Å². The second kappa shape index (κ2) is 7.55. The second-order valence-electron chi connectivity index (χ2n) is 7.08. The van der Waals surface area contributed by atoms with Crippen molar-refractivity contribution in [2.75, 3.05) is 0 Å². The molecule has 0 aromatic carbocycles. The maximum atomic E-state index is 12.4. The summed E-state index contributed by atoms with van der Waals surface area (Å²) in [5, 5.41) is 20.7. The Bertz CT molecular complexity index is 408. The maximum absolute atomic E-state index is 12.4. The van der Waals surface area contributed by atoms with Crippen LogP contribution in [-0.4, -0.2) is 40.3 Å². The molecule has 0 aromatic rings. The first-order valence-electron chi connectivity index (χ1n) is 8.18. The van der Waals surface area contributed by atoms with Gasteiger partial charge in [0.15, 0.2) is 0 Å². The number of rotatable bonds is 0. The minimum atomic E-state index is -0.974. The predicted octanol–water partition coefficient (Wildman–Crippen LogP) is 1.79. The summed E-state index contributed by atoms with van der Waals surface area (Å²) in [5.74, 6) is -2.44. The number of hydrogen-bond acceptors (Lipinski definition) is 5. The molecule has 0 spiro atoms. The van der Waals surface area contributed by atoms with Gasteiger partial charge in [0, 0.05) is 11.8 Å². The van der Waals surface area contributed by atoms with Gasteiger partial charge in [-0.1, -0.05) is 27.7 Å². The third-order valence-electron chi connectivity index (χ3n) is 5.21. The number of aliphatic hydroxyl groups is 2. The van der Waals surface area contributed by atoms with Crippen LogP contribution in [0.3, 0.4) is 0 Å². The Hall–Kier alpha value is -0.940. The molecule has 22 heavy (non-hydrogen) atoms. The molecule has 0 saturated carbocycles. The Morgan fingerprint density at radius 2 is 1.45 bits per heavy atom. The fourth-order valence-corrected chi connectivity index (χ4v) is 3.20. The van der Waals surface area contributed by atoms with E-state index in [-0.39, 0.29) is 17.6 Å². The average Bonchev–Trinajstić information content (AvgIpc) is 2.48. The minimum absolute atomic E-state index is 0.0424. The van der Waals surface area contributed by atoms with E-state index in [2.05, 4.69) is 0 Å². The summed E-state index contributed by atoms with van der Waals surface area (Å²) in [5.41, 5.74) is 0. The van der Waals surface area contributed by atoms with Gasteiger partial charge in [-0.05, 0) is 26.2 Å². The standard InChI is InChI=1S/C17H30O5/c1-8-7-9(2)15(19)11(4)16(20)12(5)17(21)22-13(6)10(3)14(8)18/h8-13,15-16,19-20H,7H2,1-6H3/t8?,9-,10+,11+,12+,13-,15-,16-/m0/s1. The van der Waals surface area contributed by atoms with Crippen molar-refractivity contribution in [2.24, 2.45) is 29.6 Å². The van der Waals surface area contributed by atoms with Crippen molar-refractivity contribution in [3.8, 4) is 0 Å². The Balaban J connectivity index is 3.08. The largest absolute Gasteiger partial charge is 0.462 e. The highest BCUT2D eigenvalue weighted by Gasteiger charge is 2.38. The Morgan fingerprint density at radius 3 is 2.00 bits per heavy atom. The molecular weight excluding hydrogens is 284 g/mol. The summed E-state index contributed by atoms with van der Waals surface area (Å²) in [6, 6.07) is 0. The Labute approximate surface area is 133 Å². The summed E-state index contributed by atoms with van der Waals surface area (Å²) in [6.45, 7) is 10.5. The SMILES string of the molecule is CC1C[C@H](C)[C@H](O)[C@@H](C)[C@H](O)[C@@H](C)C(=O)O[C@@H](C)[C@@H](C)C1=O. The molecule has 128 valence electrons. The zero-order valence-electron chi connectivity index (χ0n) is 14.4. The second-order valence-corrected chi connectivity index (χ2v) is 7.08. The first-order chi connectivity index (χ1) is 10.1. The molecule has 0 bridgehead atoms. The summed E-state index contributed by atoms with van der Waals surface area (Å²) in [4.78, 5) is 24.6. The van der Waals surface area contributed by atoms with Crippen molar-refractivity contribution in [3.63, 3.8) is 0 Å². The average molecular weight is 314 g/mol. The number of Topliss-reactive ketones (excluding diaryl/α,β-unsaturated/α-hetero) is 1. The van der Waals surface area contributed by atoms with Crippen molar-refractivity contribution in [2.45, 2.75) is 66.3 Å². The van der Waals surface area contributed by atoms with Gasteiger partial charge in [0.05, 0.1) is 24.0 Å². The van der Waals surface area contributed by atoms with E-state index in [1.54, 1.807) is 27.7 Å². The monoisotopic (exact) mass is 314 g/mol. The number of ether oxygens (including phenoxy) is 1. The summed E-state index contributed by atoms with van der Waals surface area (Å²) in [7, 11) is 0. The highest BCUT2D eigenvalue weighted by molar-refractivity contribution is 5.83. The number of hydrogen-bond donors (Lipinski definition) is 2. The van der Waals surface area contributed by atoms with E-state index in [9.17, 15) is 19.8 Å². The van der Waals surface area contributed by atoms with Gasteiger partial charge in [-0.25, -0.2) is 0 Å². The molecule has 5 nitrogen and oxygen atoms in total. The molecule has 1 unspecified atom stereocenters. The van der Waals surface area contributed by atoms with Crippen LogP contribution < -0.4 is 0 Å². The van der Waals surface area contributed by atoms with E-state index in [1.165, 1.54) is 0 Å². The fourth-order valence-electron chi connectivity index (χ4n) is 3.20. The van der Waals surface area contributed by atoms with Crippen LogP contribution in [0.5, 0.6) is 0 Å². The smallest absolute Gasteiger partial charge is 0.311 e. The van der Waals surface area contributed by atoms with Crippen LogP contribution in [0, 0.1) is 29.6 Å². The van der Waals surface area contributed by atoms with Gasteiger partial charge in [0.25, 0.3) is 0 Å². The zero-order chi connectivity index (χ0) is 17.2. The van der Waals surface area contributed by atoms with Gasteiger partial charge in [-0.3, -0.25) is 9.59 Å². The van der Waals surface area contributed by atoms with E-state index in [1.807, 2.05) is 13.8 Å². The van der Waals surface area contributed by atoms with Gasteiger partial charge < -0.3 is 14.9 Å². The molecule has 8 atom stereocenters. The predicted molar refractivity (Wildman–Crippen MR) is 83.0 cm³/mol. The molecule has 5 heteroatoms. The van der Waals surface area contributed by atoms with Crippen LogP contribution in [0.25, 0.3) is 0 Å². The van der Waals surface area contributed by atoms with Crippen LogP contribution >= 0.6 is 0 Å². The molecule has 0 amide bonds. The molecule has 0 aliphatic carbocycles. The topological polar surface area (TPSA) is 83.8 Å². The lowest BCUT2D eigenvalue weighted by Gasteiger charge is -2.34. The van der Waals surface area contributed by atoms with Crippen molar-refractivity contribution in [1.82, 2.24) is 0 Å². The van der Waals surface area contributed by atoms with Crippen molar-refractivity contribution in [3.05, 3.63) is 0 Å². The Morgan fingerprint density at radius 1 is 0.909 bits per heavy atom. The lowest BCUT2D eigenvalue weighted by Crippen LogP contribution is -2.43. The maximum Gasteiger partial charge on any atom is 0.311 e. The highest BCUT2D eigenvalue weighted by Crippen LogP contribution is 2.29. The van der Waals surface area contributed by atoms with Crippen LogP contribution in [0.2, 0.25) is 0 Å². The van der Waals surface area contributed by atoms with E-state index >= 15 is 0 Å². The van der Waals surface area contributed by atoms with Gasteiger partial charge in [0.2, 0.25) is 0 Å². The number of cyclic esters (lactones) is 1. The van der Waals surface area contributed by atoms with Crippen LogP contribution in [-0.2, 0) is 14.3 Å². The minimum Gasteiger partial charge on any atom is -0.462 e. The number of aliphatic hydroxyl groups excluding tert-OH is 2. The van der Waals surface area contributed by atoms with E-state index in [4.69, 9.17) is 4.74 Å². The fraction of sp³-hybridized carbons (Fsp3) is 0.882. The normalized spacial score (nSPS) is 45.6.